The fourth-order valence-corrected chi connectivity index (χ4v) is 0.779. The third kappa shape index (κ3) is 1.41. The molecule has 0 bridgehead atoms. The average Bonchev–Trinajstić information content (AvgIpc) is 2.30. The molecule has 0 atom stereocenters. The third-order valence-corrected chi connectivity index (χ3v) is 1.38. The summed E-state index contributed by atoms with van der Waals surface area (Å²) in [6.07, 6.45) is 1.10. The summed E-state index contributed by atoms with van der Waals surface area (Å²) in [4.78, 5) is 0. The Morgan fingerprint density at radius 1 is 1.73 bits per heavy atom. The van der Waals surface area contributed by atoms with Gasteiger partial charge in [-0.3, -0.25) is 0 Å². The maximum atomic E-state index is 12.9. The Hall–Kier alpha value is -0.875. The van der Waals surface area contributed by atoms with Crippen LogP contribution < -0.4 is 5.46 Å². The van der Waals surface area contributed by atoms with Crippen LogP contribution in [-0.2, 0) is 6.54 Å². The Kier molecular flexibility index (Phi) is 2.26. The van der Waals surface area contributed by atoms with Gasteiger partial charge in [0.05, 0.1) is 11.7 Å². The number of nitrogens with zero attached hydrogens (tertiary/aromatic N) is 2. The normalized spacial score (nSPS) is 10.2. The second kappa shape index (κ2) is 3.02. The molecule has 0 saturated carbocycles. The van der Waals surface area contributed by atoms with Crippen molar-refractivity contribution in [2.24, 2.45) is 0 Å². The molecule has 0 saturated heterocycles. The number of hydrogen-bond donors (Lipinski definition) is 2. The summed E-state index contributed by atoms with van der Waals surface area (Å²) in [5, 5.41) is 20.7. The Balaban J connectivity index is 3.00. The van der Waals surface area contributed by atoms with Gasteiger partial charge in [0.15, 0.2) is 0 Å². The summed E-state index contributed by atoms with van der Waals surface area (Å²) >= 11 is 0. The highest BCUT2D eigenvalue weighted by Gasteiger charge is 2.20. The largest absolute Gasteiger partial charge is 0.494 e. The summed E-state index contributed by atoms with van der Waals surface area (Å²) in [5.74, 6) is -0.692. The molecule has 60 valence electrons. The van der Waals surface area contributed by atoms with Gasteiger partial charge in [0.1, 0.15) is 0 Å². The number of halogens is 1. The average molecular weight is 158 g/mol. The van der Waals surface area contributed by atoms with Gasteiger partial charge in [-0.05, 0) is 6.92 Å². The van der Waals surface area contributed by atoms with Crippen molar-refractivity contribution >= 4 is 12.6 Å². The molecule has 0 unspecified atom stereocenters. The minimum absolute atomic E-state index is 0.188. The van der Waals surface area contributed by atoms with Crippen LogP contribution in [0.3, 0.4) is 0 Å². The fourth-order valence-electron chi connectivity index (χ4n) is 0.779. The van der Waals surface area contributed by atoms with Crippen LogP contribution in [0.1, 0.15) is 6.92 Å². The highest BCUT2D eigenvalue weighted by molar-refractivity contribution is 6.58. The van der Waals surface area contributed by atoms with Gasteiger partial charge in [0.25, 0.3) is 0 Å². The lowest BCUT2D eigenvalue weighted by Gasteiger charge is -1.96. The zero-order valence-corrected chi connectivity index (χ0v) is 6.03. The Morgan fingerprint density at radius 2 is 2.36 bits per heavy atom. The van der Waals surface area contributed by atoms with E-state index in [1.807, 2.05) is 0 Å². The summed E-state index contributed by atoms with van der Waals surface area (Å²) in [6.45, 7) is 2.09. The third-order valence-electron chi connectivity index (χ3n) is 1.38. The van der Waals surface area contributed by atoms with E-state index < -0.39 is 13.1 Å². The van der Waals surface area contributed by atoms with Crippen LogP contribution in [-0.4, -0.2) is 26.9 Å². The molecular weight excluding hydrogens is 150 g/mol. The van der Waals surface area contributed by atoms with E-state index in [1.54, 1.807) is 6.92 Å². The molecule has 1 aromatic rings. The molecule has 4 nitrogen and oxygen atoms in total. The zero-order chi connectivity index (χ0) is 8.43. The Labute approximate surface area is 63.4 Å². The lowest BCUT2D eigenvalue weighted by Crippen LogP contribution is -2.31. The standard InChI is InChI=1S/C5H8BFN2O2/c1-2-9-5(7)4(3-8-9)6(10)11/h3,10-11H,2H2,1H3. The Morgan fingerprint density at radius 3 is 2.64 bits per heavy atom. The van der Waals surface area contributed by atoms with Crippen LogP contribution in [0.5, 0.6) is 0 Å². The summed E-state index contributed by atoms with van der Waals surface area (Å²) < 4.78 is 13.9. The maximum absolute atomic E-state index is 12.9. The van der Waals surface area contributed by atoms with Crippen molar-refractivity contribution in [1.82, 2.24) is 9.78 Å². The molecule has 1 heterocycles. The van der Waals surface area contributed by atoms with E-state index in [9.17, 15) is 4.39 Å². The summed E-state index contributed by atoms with van der Waals surface area (Å²) in [5.41, 5.74) is -0.188. The molecule has 0 aliphatic heterocycles. The predicted molar refractivity (Wildman–Crippen MR) is 37.7 cm³/mol. The van der Waals surface area contributed by atoms with Crippen LogP contribution in [0.2, 0.25) is 0 Å². The highest BCUT2D eigenvalue weighted by Crippen LogP contribution is 1.93. The second-order valence-electron chi connectivity index (χ2n) is 2.08. The first-order chi connectivity index (χ1) is 5.16. The number of aryl methyl sites for hydroxylation is 1. The molecule has 2 N–H and O–H groups in total. The molecule has 0 radical (unpaired) electrons. The summed E-state index contributed by atoms with van der Waals surface area (Å²) in [6, 6.07) is 0. The van der Waals surface area contributed by atoms with E-state index in [-0.39, 0.29) is 5.46 Å². The van der Waals surface area contributed by atoms with Gasteiger partial charge in [-0.25, -0.2) is 4.68 Å². The molecule has 0 aliphatic rings. The quantitative estimate of drug-likeness (QED) is 0.527. The van der Waals surface area contributed by atoms with Crippen LogP contribution >= 0.6 is 0 Å². The number of aromatic nitrogens is 2. The summed E-state index contributed by atoms with van der Waals surface area (Å²) in [7, 11) is -1.78. The molecule has 0 aromatic carbocycles. The molecule has 1 rings (SSSR count). The second-order valence-corrected chi connectivity index (χ2v) is 2.08. The maximum Gasteiger partial charge on any atom is 0.494 e. The van der Waals surface area contributed by atoms with Gasteiger partial charge in [-0.1, -0.05) is 0 Å². The van der Waals surface area contributed by atoms with E-state index in [0.29, 0.717) is 6.54 Å². The van der Waals surface area contributed by atoms with Crippen LogP contribution in [0.25, 0.3) is 0 Å². The molecule has 0 amide bonds. The van der Waals surface area contributed by atoms with Gasteiger partial charge in [-0.15, -0.1) is 0 Å². The van der Waals surface area contributed by atoms with Gasteiger partial charge >= 0.3 is 7.12 Å². The van der Waals surface area contributed by atoms with E-state index in [0.717, 1.165) is 10.9 Å². The first-order valence-corrected chi connectivity index (χ1v) is 3.24. The first-order valence-electron chi connectivity index (χ1n) is 3.24. The topological polar surface area (TPSA) is 58.3 Å². The van der Waals surface area contributed by atoms with Gasteiger partial charge in [0.2, 0.25) is 5.95 Å². The van der Waals surface area contributed by atoms with Crippen molar-refractivity contribution in [3.8, 4) is 0 Å². The number of rotatable bonds is 2. The SMILES string of the molecule is CCn1ncc(B(O)O)c1F. The highest BCUT2D eigenvalue weighted by atomic mass is 19.1. The minimum Gasteiger partial charge on any atom is -0.423 e. The van der Waals surface area contributed by atoms with Crippen molar-refractivity contribution in [2.45, 2.75) is 13.5 Å². The lowest BCUT2D eigenvalue weighted by atomic mass is 9.83. The van der Waals surface area contributed by atoms with Crippen molar-refractivity contribution in [1.29, 1.82) is 0 Å². The molecular formula is C5H8BFN2O2. The van der Waals surface area contributed by atoms with E-state index in [4.69, 9.17) is 10.0 Å². The first kappa shape index (κ1) is 8.22. The Bertz CT molecular complexity index is 251. The van der Waals surface area contributed by atoms with Crippen LogP contribution in [0.4, 0.5) is 4.39 Å². The molecule has 11 heavy (non-hydrogen) atoms. The molecule has 0 aliphatic carbocycles. The van der Waals surface area contributed by atoms with E-state index in [2.05, 4.69) is 5.10 Å². The van der Waals surface area contributed by atoms with Crippen molar-refractivity contribution < 1.29 is 14.4 Å². The monoisotopic (exact) mass is 158 g/mol. The van der Waals surface area contributed by atoms with Crippen molar-refractivity contribution in [2.75, 3.05) is 0 Å². The van der Waals surface area contributed by atoms with Crippen LogP contribution in [0.15, 0.2) is 6.20 Å². The van der Waals surface area contributed by atoms with Gasteiger partial charge in [0, 0.05) is 6.54 Å². The van der Waals surface area contributed by atoms with Gasteiger partial charge in [-0.2, -0.15) is 9.49 Å². The smallest absolute Gasteiger partial charge is 0.423 e. The van der Waals surface area contributed by atoms with E-state index >= 15 is 0 Å². The van der Waals surface area contributed by atoms with Crippen LogP contribution in [0, 0.1) is 5.95 Å². The number of hydrogen-bond acceptors (Lipinski definition) is 3. The zero-order valence-electron chi connectivity index (χ0n) is 6.03. The molecule has 1 aromatic heterocycles. The molecule has 0 spiro atoms. The predicted octanol–water partition coefficient (Wildman–Crippen LogP) is -1.28. The minimum atomic E-state index is -1.78. The molecule has 6 heteroatoms. The van der Waals surface area contributed by atoms with Crippen molar-refractivity contribution in [3.63, 3.8) is 0 Å². The fraction of sp³-hybridized carbons (Fsp3) is 0.400. The molecule has 0 fully saturated rings. The van der Waals surface area contributed by atoms with E-state index in [1.165, 1.54) is 0 Å². The van der Waals surface area contributed by atoms with Gasteiger partial charge < -0.3 is 10.0 Å². The van der Waals surface area contributed by atoms with Crippen molar-refractivity contribution in [3.05, 3.63) is 12.1 Å². The lowest BCUT2D eigenvalue weighted by molar-refractivity contribution is 0.418.